The van der Waals surface area contributed by atoms with E-state index >= 15 is 0 Å². The third kappa shape index (κ3) is 0.635. The van der Waals surface area contributed by atoms with Crippen molar-refractivity contribution in [3.8, 4) is 0 Å². The maximum atomic E-state index is 9.21. The molecule has 2 aliphatic heterocycles. The summed E-state index contributed by atoms with van der Waals surface area (Å²) in [5.41, 5.74) is -0.149. The molecule has 3 atom stereocenters. The van der Waals surface area contributed by atoms with E-state index in [2.05, 4.69) is 0 Å². The Morgan fingerprint density at radius 1 is 1.78 bits per heavy atom. The molecule has 0 spiro atoms. The third-order valence-electron chi connectivity index (χ3n) is 2.04. The van der Waals surface area contributed by atoms with Gasteiger partial charge in [0.25, 0.3) is 0 Å². The van der Waals surface area contributed by atoms with Crippen molar-refractivity contribution in [3.05, 3.63) is 12.2 Å². The molecule has 50 valence electrons. The number of hydrogen-bond acceptors (Lipinski definition) is 2. The van der Waals surface area contributed by atoms with Gasteiger partial charge in [0.05, 0.1) is 11.7 Å². The average molecular weight is 126 g/mol. The predicted molar refractivity (Wildman–Crippen MR) is 33.0 cm³/mol. The number of ether oxygens (including phenoxy) is 1. The fraction of sp³-hybridized carbons (Fsp3) is 0.714. The number of hydrogen-bond donors (Lipinski definition) is 1. The van der Waals surface area contributed by atoms with E-state index in [9.17, 15) is 5.11 Å². The second kappa shape index (κ2) is 1.39. The second-order valence-electron chi connectivity index (χ2n) is 3.03. The first-order valence-electron chi connectivity index (χ1n) is 3.25. The van der Waals surface area contributed by atoms with E-state index < -0.39 is 0 Å². The molecule has 0 aromatic heterocycles. The molecule has 2 heterocycles. The van der Waals surface area contributed by atoms with Crippen molar-refractivity contribution < 1.29 is 9.84 Å². The Kier molecular flexibility index (Phi) is 0.838. The maximum absolute atomic E-state index is 9.21. The van der Waals surface area contributed by atoms with Crippen molar-refractivity contribution in [1.82, 2.24) is 0 Å². The van der Waals surface area contributed by atoms with Crippen LogP contribution in [0.4, 0.5) is 0 Å². The van der Waals surface area contributed by atoms with Gasteiger partial charge in [0.2, 0.25) is 0 Å². The third-order valence-corrected chi connectivity index (χ3v) is 2.04. The molecule has 0 amide bonds. The molecular formula is C7H10O2. The van der Waals surface area contributed by atoms with Gasteiger partial charge in [0.15, 0.2) is 0 Å². The van der Waals surface area contributed by atoms with Crippen LogP contribution >= 0.6 is 0 Å². The Morgan fingerprint density at radius 3 is 2.78 bits per heavy atom. The van der Waals surface area contributed by atoms with Crippen molar-refractivity contribution in [2.45, 2.75) is 31.2 Å². The monoisotopic (exact) mass is 126 g/mol. The Bertz CT molecular complexity index is 164. The zero-order valence-corrected chi connectivity index (χ0v) is 5.37. The molecule has 2 nitrogen and oxygen atoms in total. The van der Waals surface area contributed by atoms with Crippen LogP contribution in [0.2, 0.25) is 0 Å². The van der Waals surface area contributed by atoms with Crippen LogP contribution in [0.1, 0.15) is 13.3 Å². The molecule has 2 rings (SSSR count). The van der Waals surface area contributed by atoms with Gasteiger partial charge in [-0.1, -0.05) is 12.2 Å². The minimum absolute atomic E-state index is 0.0185. The highest BCUT2D eigenvalue weighted by molar-refractivity contribution is 5.18. The molecule has 0 radical (unpaired) electrons. The summed E-state index contributed by atoms with van der Waals surface area (Å²) in [6, 6.07) is 0. The van der Waals surface area contributed by atoms with Crippen molar-refractivity contribution >= 4 is 0 Å². The van der Waals surface area contributed by atoms with Crippen LogP contribution in [0.5, 0.6) is 0 Å². The molecule has 9 heavy (non-hydrogen) atoms. The van der Waals surface area contributed by atoms with Crippen LogP contribution in [-0.2, 0) is 4.74 Å². The molecular weight excluding hydrogens is 116 g/mol. The van der Waals surface area contributed by atoms with Crippen LogP contribution in [0.25, 0.3) is 0 Å². The molecule has 1 fully saturated rings. The summed E-state index contributed by atoms with van der Waals surface area (Å²) in [4.78, 5) is 0. The minimum atomic E-state index is -0.264. The molecule has 2 bridgehead atoms. The molecule has 3 unspecified atom stereocenters. The molecule has 1 N–H and O–H groups in total. The van der Waals surface area contributed by atoms with Gasteiger partial charge in [-0.25, -0.2) is 0 Å². The summed E-state index contributed by atoms with van der Waals surface area (Å²) in [5, 5.41) is 9.21. The van der Waals surface area contributed by atoms with E-state index in [1.165, 1.54) is 0 Å². The van der Waals surface area contributed by atoms with Gasteiger partial charge < -0.3 is 9.84 Å². The molecule has 0 aliphatic carbocycles. The van der Waals surface area contributed by atoms with Crippen LogP contribution in [0.3, 0.4) is 0 Å². The fourth-order valence-corrected chi connectivity index (χ4v) is 1.54. The predicted octanol–water partition coefficient (Wildman–Crippen LogP) is 0.465. The normalized spacial score (nSPS) is 54.9. The largest absolute Gasteiger partial charge is 0.390 e. The Balaban J connectivity index is 2.30. The highest BCUT2D eigenvalue weighted by Crippen LogP contribution is 2.37. The molecule has 0 aromatic rings. The van der Waals surface area contributed by atoms with Gasteiger partial charge in [0, 0.05) is 6.42 Å². The Hall–Kier alpha value is -0.340. The van der Waals surface area contributed by atoms with Crippen molar-refractivity contribution in [2.75, 3.05) is 0 Å². The van der Waals surface area contributed by atoms with Crippen molar-refractivity contribution in [2.24, 2.45) is 0 Å². The average Bonchev–Trinajstić information content (AvgIpc) is 2.20. The van der Waals surface area contributed by atoms with E-state index in [4.69, 9.17) is 4.74 Å². The van der Waals surface area contributed by atoms with E-state index in [1.54, 1.807) is 0 Å². The lowest BCUT2D eigenvalue weighted by atomic mass is 9.95. The van der Waals surface area contributed by atoms with Gasteiger partial charge in [-0.3, -0.25) is 0 Å². The summed E-state index contributed by atoms with van der Waals surface area (Å²) in [5.74, 6) is 0. The lowest BCUT2D eigenvalue weighted by Gasteiger charge is -2.14. The van der Waals surface area contributed by atoms with Crippen molar-refractivity contribution in [1.29, 1.82) is 0 Å². The zero-order valence-electron chi connectivity index (χ0n) is 5.37. The number of aliphatic hydroxyl groups excluding tert-OH is 1. The fourth-order valence-electron chi connectivity index (χ4n) is 1.54. The summed E-state index contributed by atoms with van der Waals surface area (Å²) in [6.07, 6.45) is 4.45. The van der Waals surface area contributed by atoms with Crippen LogP contribution in [0.15, 0.2) is 12.2 Å². The molecule has 0 aromatic carbocycles. The second-order valence-corrected chi connectivity index (χ2v) is 3.03. The van der Waals surface area contributed by atoms with Gasteiger partial charge in [-0.05, 0) is 6.92 Å². The number of rotatable bonds is 0. The topological polar surface area (TPSA) is 29.5 Å². The lowest BCUT2D eigenvalue weighted by molar-refractivity contribution is 0.0282. The Labute approximate surface area is 54.1 Å². The molecule has 0 saturated carbocycles. The van der Waals surface area contributed by atoms with Gasteiger partial charge >= 0.3 is 0 Å². The summed E-state index contributed by atoms with van der Waals surface area (Å²) in [7, 11) is 0. The lowest BCUT2D eigenvalue weighted by Crippen LogP contribution is -2.21. The van der Waals surface area contributed by atoms with E-state index in [0.717, 1.165) is 6.42 Å². The first kappa shape index (κ1) is 5.45. The highest BCUT2D eigenvalue weighted by Gasteiger charge is 2.43. The summed E-state index contributed by atoms with van der Waals surface area (Å²) < 4.78 is 5.41. The number of aliphatic hydroxyl groups is 1. The highest BCUT2D eigenvalue weighted by atomic mass is 16.5. The SMILES string of the molecule is CC12C=CC(O1)C(O)C2. The smallest absolute Gasteiger partial charge is 0.103 e. The van der Waals surface area contributed by atoms with Crippen LogP contribution in [0, 0.1) is 0 Å². The van der Waals surface area contributed by atoms with Gasteiger partial charge in [-0.2, -0.15) is 0 Å². The molecule has 1 saturated heterocycles. The summed E-state index contributed by atoms with van der Waals surface area (Å²) >= 11 is 0. The summed E-state index contributed by atoms with van der Waals surface area (Å²) in [6.45, 7) is 2.00. The molecule has 2 aliphatic rings. The van der Waals surface area contributed by atoms with Gasteiger partial charge in [0.1, 0.15) is 6.10 Å². The van der Waals surface area contributed by atoms with Gasteiger partial charge in [-0.15, -0.1) is 0 Å². The maximum Gasteiger partial charge on any atom is 0.103 e. The number of fused-ring (bicyclic) bond motifs is 2. The first-order valence-corrected chi connectivity index (χ1v) is 3.25. The van der Waals surface area contributed by atoms with Crippen LogP contribution < -0.4 is 0 Å². The standard InChI is InChI=1S/C7H10O2/c1-7-3-2-6(9-7)5(8)4-7/h2-3,5-6,8H,4H2,1H3. The quantitative estimate of drug-likeness (QED) is 0.478. The van der Waals surface area contributed by atoms with E-state index in [0.29, 0.717) is 0 Å². The Morgan fingerprint density at radius 2 is 2.56 bits per heavy atom. The van der Waals surface area contributed by atoms with E-state index in [1.807, 2.05) is 19.1 Å². The van der Waals surface area contributed by atoms with Crippen LogP contribution in [-0.4, -0.2) is 22.9 Å². The van der Waals surface area contributed by atoms with E-state index in [-0.39, 0.29) is 17.8 Å². The van der Waals surface area contributed by atoms with Crippen molar-refractivity contribution in [3.63, 3.8) is 0 Å². The molecule has 2 heteroatoms. The zero-order chi connectivity index (χ0) is 6.48. The first-order chi connectivity index (χ1) is 4.20. The minimum Gasteiger partial charge on any atom is -0.390 e.